The van der Waals surface area contributed by atoms with Crippen LogP contribution in [0.5, 0.6) is 0 Å². The van der Waals surface area contributed by atoms with Gasteiger partial charge in [-0.1, -0.05) is 50.2 Å². The van der Waals surface area contributed by atoms with Crippen LogP contribution >= 0.6 is 0 Å². The summed E-state index contributed by atoms with van der Waals surface area (Å²) in [4.78, 5) is 12.9. The Labute approximate surface area is 172 Å². The smallest absolute Gasteiger partial charge is 0.255 e. The molecule has 0 unspecified atom stereocenters. The quantitative estimate of drug-likeness (QED) is 0.574. The van der Waals surface area contributed by atoms with Crippen molar-refractivity contribution in [3.8, 4) is 0 Å². The van der Waals surface area contributed by atoms with Crippen molar-refractivity contribution in [2.45, 2.75) is 31.6 Å². The zero-order chi connectivity index (χ0) is 20.9. The molecule has 3 rings (SSSR count). The van der Waals surface area contributed by atoms with Crippen LogP contribution < -0.4 is 5.32 Å². The molecule has 0 aliphatic heterocycles. The number of benzene rings is 3. The fourth-order valence-corrected chi connectivity index (χ4v) is 4.93. The maximum Gasteiger partial charge on any atom is 0.255 e. The zero-order valence-electron chi connectivity index (χ0n) is 16.8. The van der Waals surface area contributed by atoms with Crippen LogP contribution in [-0.4, -0.2) is 31.7 Å². The zero-order valence-corrected chi connectivity index (χ0v) is 17.6. The van der Waals surface area contributed by atoms with Crippen LogP contribution in [0.3, 0.4) is 0 Å². The Morgan fingerprint density at radius 2 is 1.48 bits per heavy atom. The van der Waals surface area contributed by atoms with Crippen molar-refractivity contribution in [3.63, 3.8) is 0 Å². The largest absolute Gasteiger partial charge is 0.321 e. The van der Waals surface area contributed by atoms with Crippen molar-refractivity contribution in [2.75, 3.05) is 18.4 Å². The molecule has 29 heavy (non-hydrogen) atoms. The van der Waals surface area contributed by atoms with E-state index in [1.807, 2.05) is 56.3 Å². The highest BCUT2D eigenvalue weighted by Gasteiger charge is 2.23. The number of nitrogens with one attached hydrogen (secondary N) is 1. The van der Waals surface area contributed by atoms with E-state index in [1.54, 1.807) is 12.1 Å². The molecule has 0 heterocycles. The van der Waals surface area contributed by atoms with Gasteiger partial charge in [0.05, 0.1) is 4.90 Å². The van der Waals surface area contributed by atoms with Gasteiger partial charge >= 0.3 is 0 Å². The third-order valence-corrected chi connectivity index (χ3v) is 6.65. The summed E-state index contributed by atoms with van der Waals surface area (Å²) in [5, 5.41) is 4.92. The summed E-state index contributed by atoms with van der Waals surface area (Å²) in [6.07, 6.45) is 1.51. The molecule has 1 amide bonds. The molecule has 0 aliphatic carbocycles. The van der Waals surface area contributed by atoms with Crippen molar-refractivity contribution in [1.82, 2.24) is 4.31 Å². The Morgan fingerprint density at radius 3 is 2.14 bits per heavy atom. The standard InChI is InChI=1S/C23H26N2O3S/c1-3-16-25(17-4-2)29(27,28)20-14-12-19(13-15-20)23(26)24-22-11-7-9-18-8-5-6-10-21(18)22/h5-15H,3-4,16-17H2,1-2H3,(H,24,26). The molecular formula is C23H26N2O3S. The Bertz CT molecular complexity index is 1080. The van der Waals surface area contributed by atoms with Gasteiger partial charge in [-0.05, 0) is 48.6 Å². The Balaban J connectivity index is 1.81. The molecule has 0 aromatic heterocycles. The summed E-state index contributed by atoms with van der Waals surface area (Å²) in [5.74, 6) is -0.274. The minimum Gasteiger partial charge on any atom is -0.321 e. The van der Waals surface area contributed by atoms with Gasteiger partial charge in [0.2, 0.25) is 10.0 Å². The van der Waals surface area contributed by atoms with Gasteiger partial charge in [0, 0.05) is 29.7 Å². The summed E-state index contributed by atoms with van der Waals surface area (Å²) in [7, 11) is -3.55. The first-order chi connectivity index (χ1) is 14.0. The van der Waals surface area contributed by atoms with E-state index in [2.05, 4.69) is 5.32 Å². The average Bonchev–Trinajstić information content (AvgIpc) is 2.74. The molecule has 0 fully saturated rings. The van der Waals surface area contributed by atoms with Crippen molar-refractivity contribution in [2.24, 2.45) is 0 Å². The molecule has 5 nitrogen and oxygen atoms in total. The van der Waals surface area contributed by atoms with E-state index < -0.39 is 10.0 Å². The van der Waals surface area contributed by atoms with Crippen LogP contribution in [0.25, 0.3) is 10.8 Å². The maximum absolute atomic E-state index is 12.9. The maximum atomic E-state index is 12.9. The van der Waals surface area contributed by atoms with Crippen molar-refractivity contribution in [1.29, 1.82) is 0 Å². The number of rotatable bonds is 8. The average molecular weight is 411 g/mol. The number of sulfonamides is 1. The van der Waals surface area contributed by atoms with Gasteiger partial charge in [0.15, 0.2) is 0 Å². The minimum atomic E-state index is -3.55. The van der Waals surface area contributed by atoms with E-state index in [9.17, 15) is 13.2 Å². The van der Waals surface area contributed by atoms with Gasteiger partial charge in [-0.3, -0.25) is 4.79 Å². The molecule has 152 valence electrons. The lowest BCUT2D eigenvalue weighted by atomic mass is 10.1. The first kappa shape index (κ1) is 21.0. The van der Waals surface area contributed by atoms with Crippen molar-refractivity contribution >= 4 is 32.4 Å². The number of anilines is 1. The van der Waals surface area contributed by atoms with Crippen LogP contribution in [0.2, 0.25) is 0 Å². The molecule has 3 aromatic rings. The van der Waals surface area contributed by atoms with Crippen LogP contribution in [0.1, 0.15) is 37.0 Å². The normalized spacial score (nSPS) is 11.7. The topological polar surface area (TPSA) is 66.5 Å². The molecule has 3 aromatic carbocycles. The molecule has 0 aliphatic rings. The molecule has 0 radical (unpaired) electrons. The lowest BCUT2D eigenvalue weighted by Crippen LogP contribution is -2.32. The fourth-order valence-electron chi connectivity index (χ4n) is 3.31. The van der Waals surface area contributed by atoms with E-state index >= 15 is 0 Å². The van der Waals surface area contributed by atoms with Gasteiger partial charge in [0.1, 0.15) is 0 Å². The first-order valence-electron chi connectivity index (χ1n) is 9.86. The summed E-state index contributed by atoms with van der Waals surface area (Å²) in [5.41, 5.74) is 1.14. The molecule has 0 atom stereocenters. The highest BCUT2D eigenvalue weighted by atomic mass is 32.2. The highest BCUT2D eigenvalue weighted by molar-refractivity contribution is 7.89. The van der Waals surface area contributed by atoms with E-state index in [0.29, 0.717) is 18.7 Å². The van der Waals surface area contributed by atoms with E-state index in [-0.39, 0.29) is 10.8 Å². The van der Waals surface area contributed by atoms with Crippen LogP contribution in [0.4, 0.5) is 5.69 Å². The molecular weight excluding hydrogens is 384 g/mol. The molecule has 0 spiro atoms. The second-order valence-electron chi connectivity index (χ2n) is 6.91. The fraction of sp³-hybridized carbons (Fsp3) is 0.261. The lowest BCUT2D eigenvalue weighted by molar-refractivity contribution is 0.102. The number of hydrogen-bond acceptors (Lipinski definition) is 3. The number of nitrogens with zero attached hydrogens (tertiary/aromatic N) is 1. The number of carbonyl (C=O) groups excluding carboxylic acids is 1. The lowest BCUT2D eigenvalue weighted by Gasteiger charge is -2.21. The summed E-state index contributed by atoms with van der Waals surface area (Å²) < 4.78 is 27.2. The predicted octanol–water partition coefficient (Wildman–Crippen LogP) is 4.90. The van der Waals surface area contributed by atoms with Gasteiger partial charge in [0.25, 0.3) is 5.91 Å². The summed E-state index contributed by atoms with van der Waals surface area (Å²) in [6.45, 7) is 4.89. The summed E-state index contributed by atoms with van der Waals surface area (Å²) in [6, 6.07) is 19.7. The third-order valence-electron chi connectivity index (χ3n) is 4.74. The van der Waals surface area contributed by atoms with Gasteiger partial charge in [-0.15, -0.1) is 0 Å². The molecule has 6 heteroatoms. The Hall–Kier alpha value is -2.70. The van der Waals surface area contributed by atoms with Crippen molar-refractivity contribution < 1.29 is 13.2 Å². The predicted molar refractivity (Wildman–Crippen MR) is 118 cm³/mol. The van der Waals surface area contributed by atoms with Crippen LogP contribution in [0.15, 0.2) is 71.6 Å². The molecule has 0 bridgehead atoms. The molecule has 0 saturated heterocycles. The first-order valence-corrected chi connectivity index (χ1v) is 11.3. The third kappa shape index (κ3) is 4.66. The Morgan fingerprint density at radius 1 is 0.862 bits per heavy atom. The number of hydrogen-bond donors (Lipinski definition) is 1. The Kier molecular flexibility index (Phi) is 6.67. The van der Waals surface area contributed by atoms with E-state index in [4.69, 9.17) is 0 Å². The summed E-state index contributed by atoms with van der Waals surface area (Å²) >= 11 is 0. The number of carbonyl (C=O) groups is 1. The second-order valence-corrected chi connectivity index (χ2v) is 8.85. The number of fused-ring (bicyclic) bond motifs is 1. The minimum absolute atomic E-state index is 0.209. The van der Waals surface area contributed by atoms with E-state index in [1.165, 1.54) is 16.4 Å². The number of amides is 1. The van der Waals surface area contributed by atoms with Gasteiger partial charge in [-0.2, -0.15) is 4.31 Å². The van der Waals surface area contributed by atoms with E-state index in [0.717, 1.165) is 29.3 Å². The molecule has 1 N–H and O–H groups in total. The second kappa shape index (κ2) is 9.20. The molecule has 0 saturated carbocycles. The monoisotopic (exact) mass is 410 g/mol. The van der Waals surface area contributed by atoms with Crippen molar-refractivity contribution in [3.05, 3.63) is 72.3 Å². The highest BCUT2D eigenvalue weighted by Crippen LogP contribution is 2.24. The van der Waals surface area contributed by atoms with Crippen LogP contribution in [-0.2, 0) is 10.0 Å². The van der Waals surface area contributed by atoms with Crippen LogP contribution in [0, 0.1) is 0 Å². The SMILES string of the molecule is CCCN(CCC)S(=O)(=O)c1ccc(C(=O)Nc2cccc3ccccc23)cc1. The van der Waals surface area contributed by atoms with Gasteiger partial charge in [-0.25, -0.2) is 8.42 Å². The van der Waals surface area contributed by atoms with Gasteiger partial charge < -0.3 is 5.32 Å².